The van der Waals surface area contributed by atoms with Gasteiger partial charge in [0.25, 0.3) is 5.69 Å². The highest BCUT2D eigenvalue weighted by molar-refractivity contribution is 5.65. The lowest BCUT2D eigenvalue weighted by atomic mass is 10.0. The van der Waals surface area contributed by atoms with E-state index in [1.165, 1.54) is 18.2 Å². The van der Waals surface area contributed by atoms with Crippen molar-refractivity contribution in [2.24, 2.45) is 5.84 Å². The first-order chi connectivity index (χ1) is 10.2. The van der Waals surface area contributed by atoms with Crippen molar-refractivity contribution in [3.8, 4) is 0 Å². The van der Waals surface area contributed by atoms with E-state index < -0.39 is 4.92 Å². The fourth-order valence-corrected chi connectivity index (χ4v) is 2.89. The minimum absolute atomic E-state index is 0.0102. The fraction of sp³-hybridized carbons (Fsp3) is 0.357. The second kappa shape index (κ2) is 5.53. The Balaban J connectivity index is 1.97. The first kappa shape index (κ1) is 13.6. The van der Waals surface area contributed by atoms with Gasteiger partial charge in [0.15, 0.2) is 0 Å². The van der Waals surface area contributed by atoms with Crippen molar-refractivity contribution < 1.29 is 4.92 Å². The van der Waals surface area contributed by atoms with Gasteiger partial charge in [0.1, 0.15) is 5.69 Å². The molecule has 1 heterocycles. The molecule has 3 N–H and O–H groups in total. The predicted octanol–water partition coefficient (Wildman–Crippen LogP) is 2.00. The molecule has 1 aromatic carbocycles. The summed E-state index contributed by atoms with van der Waals surface area (Å²) in [6.45, 7) is 0.531. The van der Waals surface area contributed by atoms with Crippen LogP contribution in [0.2, 0.25) is 0 Å². The van der Waals surface area contributed by atoms with E-state index in [4.69, 9.17) is 5.84 Å². The number of fused-ring (bicyclic) bond motifs is 1. The molecule has 2 aromatic rings. The molecule has 1 aliphatic rings. The summed E-state index contributed by atoms with van der Waals surface area (Å²) in [7, 11) is 0. The summed E-state index contributed by atoms with van der Waals surface area (Å²) in [6.07, 6.45) is 6.18. The SMILES string of the molecule is NNc1c(Cn2cnc3c2CCCC3)cccc1[N+](=O)[O-]. The number of nitro groups is 1. The Morgan fingerprint density at radius 2 is 2.19 bits per heavy atom. The summed E-state index contributed by atoms with van der Waals surface area (Å²) in [6, 6.07) is 4.97. The molecular formula is C14H17N5O2. The van der Waals surface area contributed by atoms with Gasteiger partial charge in [-0.05, 0) is 25.7 Å². The van der Waals surface area contributed by atoms with E-state index in [0.29, 0.717) is 12.2 Å². The van der Waals surface area contributed by atoms with Crippen LogP contribution in [0.5, 0.6) is 0 Å². The molecule has 1 aromatic heterocycles. The number of aryl methyl sites for hydroxylation is 1. The summed E-state index contributed by atoms with van der Waals surface area (Å²) in [5.74, 6) is 5.48. The standard InChI is InChI=1S/C14H17N5O2/c15-17-14-10(4-3-7-13(14)19(20)21)8-18-9-16-11-5-1-2-6-12(11)18/h3-4,7,9,17H,1-2,5-6,8,15H2. The Kier molecular flexibility index (Phi) is 3.57. The van der Waals surface area contributed by atoms with Gasteiger partial charge in [0.2, 0.25) is 0 Å². The van der Waals surface area contributed by atoms with Gasteiger partial charge in [-0.2, -0.15) is 0 Å². The van der Waals surface area contributed by atoms with Crippen molar-refractivity contribution in [2.75, 3.05) is 5.43 Å². The third kappa shape index (κ3) is 2.47. The van der Waals surface area contributed by atoms with Crippen LogP contribution in [-0.2, 0) is 19.4 Å². The van der Waals surface area contributed by atoms with E-state index in [2.05, 4.69) is 15.0 Å². The van der Waals surface area contributed by atoms with Gasteiger partial charge in [-0.25, -0.2) is 4.98 Å². The molecular weight excluding hydrogens is 270 g/mol. The van der Waals surface area contributed by atoms with Crippen molar-refractivity contribution in [1.29, 1.82) is 0 Å². The summed E-state index contributed by atoms with van der Waals surface area (Å²) < 4.78 is 2.06. The summed E-state index contributed by atoms with van der Waals surface area (Å²) >= 11 is 0. The van der Waals surface area contributed by atoms with Gasteiger partial charge in [0.05, 0.1) is 23.5 Å². The van der Waals surface area contributed by atoms with Crippen molar-refractivity contribution in [2.45, 2.75) is 32.2 Å². The number of nitro benzene ring substituents is 1. The highest BCUT2D eigenvalue weighted by Crippen LogP contribution is 2.29. The lowest BCUT2D eigenvalue weighted by molar-refractivity contribution is -0.384. The Bertz CT molecular complexity index is 680. The van der Waals surface area contributed by atoms with Crippen LogP contribution < -0.4 is 11.3 Å². The zero-order valence-corrected chi connectivity index (χ0v) is 11.6. The van der Waals surface area contributed by atoms with Crippen LogP contribution in [0, 0.1) is 10.1 Å². The first-order valence-corrected chi connectivity index (χ1v) is 6.96. The van der Waals surface area contributed by atoms with E-state index in [-0.39, 0.29) is 5.69 Å². The van der Waals surface area contributed by atoms with Gasteiger partial charge < -0.3 is 9.99 Å². The maximum atomic E-state index is 11.1. The van der Waals surface area contributed by atoms with Gasteiger partial charge >= 0.3 is 0 Å². The number of hydrogen-bond acceptors (Lipinski definition) is 5. The summed E-state index contributed by atoms with van der Waals surface area (Å²) in [4.78, 5) is 15.1. The lowest BCUT2D eigenvalue weighted by Gasteiger charge is -2.15. The molecule has 7 nitrogen and oxygen atoms in total. The molecule has 21 heavy (non-hydrogen) atoms. The number of anilines is 1. The zero-order valence-electron chi connectivity index (χ0n) is 11.6. The van der Waals surface area contributed by atoms with Crippen molar-refractivity contribution in [3.63, 3.8) is 0 Å². The first-order valence-electron chi connectivity index (χ1n) is 6.96. The van der Waals surface area contributed by atoms with Gasteiger partial charge in [-0.15, -0.1) is 0 Å². The number of hydrazine groups is 1. The maximum absolute atomic E-state index is 11.1. The number of para-hydroxylation sites is 1. The van der Waals surface area contributed by atoms with Gasteiger partial charge in [-0.3, -0.25) is 16.0 Å². The van der Waals surface area contributed by atoms with Crippen LogP contribution in [0.4, 0.5) is 11.4 Å². The monoisotopic (exact) mass is 287 g/mol. The molecule has 0 aliphatic heterocycles. The Labute approximate surface area is 121 Å². The Hall–Kier alpha value is -2.41. The molecule has 7 heteroatoms. The van der Waals surface area contributed by atoms with Crippen LogP contribution in [0.3, 0.4) is 0 Å². The Morgan fingerprint density at radius 3 is 2.95 bits per heavy atom. The Morgan fingerprint density at radius 1 is 1.38 bits per heavy atom. The molecule has 0 atom stereocenters. The largest absolute Gasteiger partial charge is 0.330 e. The van der Waals surface area contributed by atoms with Crippen LogP contribution in [0.15, 0.2) is 24.5 Å². The minimum atomic E-state index is -0.429. The number of aromatic nitrogens is 2. The molecule has 0 amide bonds. The highest BCUT2D eigenvalue weighted by atomic mass is 16.6. The molecule has 3 rings (SSSR count). The van der Waals surface area contributed by atoms with Crippen LogP contribution in [-0.4, -0.2) is 14.5 Å². The molecule has 110 valence electrons. The lowest BCUT2D eigenvalue weighted by Crippen LogP contribution is -2.14. The maximum Gasteiger partial charge on any atom is 0.293 e. The second-order valence-electron chi connectivity index (χ2n) is 5.19. The van der Waals surface area contributed by atoms with Crippen LogP contribution in [0.1, 0.15) is 29.8 Å². The van der Waals surface area contributed by atoms with Crippen molar-refractivity contribution >= 4 is 11.4 Å². The second-order valence-corrected chi connectivity index (χ2v) is 5.19. The molecule has 0 radical (unpaired) electrons. The average Bonchev–Trinajstić information content (AvgIpc) is 2.90. The highest BCUT2D eigenvalue weighted by Gasteiger charge is 2.19. The average molecular weight is 287 g/mol. The van der Waals surface area contributed by atoms with Crippen molar-refractivity contribution in [3.05, 3.63) is 51.6 Å². The smallest absolute Gasteiger partial charge is 0.293 e. The number of nitrogen functional groups attached to an aromatic ring is 1. The van der Waals surface area contributed by atoms with E-state index in [1.807, 2.05) is 12.4 Å². The van der Waals surface area contributed by atoms with E-state index in [1.54, 1.807) is 6.07 Å². The van der Waals surface area contributed by atoms with Crippen molar-refractivity contribution in [1.82, 2.24) is 9.55 Å². The minimum Gasteiger partial charge on any atom is -0.330 e. The number of benzene rings is 1. The van der Waals surface area contributed by atoms with Gasteiger partial charge in [-0.1, -0.05) is 12.1 Å². The molecule has 0 bridgehead atoms. The molecule has 0 fully saturated rings. The quantitative estimate of drug-likeness (QED) is 0.509. The van der Waals surface area contributed by atoms with E-state index >= 15 is 0 Å². The number of hydrogen-bond donors (Lipinski definition) is 2. The van der Waals surface area contributed by atoms with Crippen LogP contribution in [0.25, 0.3) is 0 Å². The molecule has 0 saturated carbocycles. The fourth-order valence-electron chi connectivity index (χ4n) is 2.89. The van der Waals surface area contributed by atoms with Gasteiger partial charge in [0, 0.05) is 17.3 Å². The third-order valence-electron chi connectivity index (χ3n) is 3.92. The topological polar surface area (TPSA) is 99.0 Å². The van der Waals surface area contributed by atoms with E-state index in [0.717, 1.165) is 30.5 Å². The normalized spacial score (nSPS) is 13.8. The molecule has 1 aliphatic carbocycles. The third-order valence-corrected chi connectivity index (χ3v) is 3.92. The number of rotatable bonds is 4. The predicted molar refractivity (Wildman–Crippen MR) is 78.9 cm³/mol. The summed E-state index contributed by atoms with van der Waals surface area (Å²) in [5, 5.41) is 11.1. The molecule has 0 spiro atoms. The summed E-state index contributed by atoms with van der Waals surface area (Å²) in [5.41, 5.74) is 5.98. The number of nitrogens with one attached hydrogen (secondary N) is 1. The molecule has 0 saturated heterocycles. The van der Waals surface area contributed by atoms with Crippen LogP contribution >= 0.6 is 0 Å². The van der Waals surface area contributed by atoms with E-state index in [9.17, 15) is 10.1 Å². The zero-order chi connectivity index (χ0) is 14.8. The molecule has 0 unspecified atom stereocenters. The number of nitrogens with two attached hydrogens (primary N) is 1. The number of imidazole rings is 1. The number of nitrogens with zero attached hydrogens (tertiary/aromatic N) is 3.